The lowest BCUT2D eigenvalue weighted by atomic mass is 10.2. The zero-order valence-corrected chi connectivity index (χ0v) is 14.5. The summed E-state index contributed by atoms with van der Waals surface area (Å²) in [6.07, 6.45) is 6.61. The molecule has 26 heavy (non-hydrogen) atoms. The second-order valence-electron chi connectivity index (χ2n) is 5.35. The highest BCUT2D eigenvalue weighted by atomic mass is 16.5. The minimum Gasteiger partial charge on any atom is -0.480 e. The Labute approximate surface area is 150 Å². The van der Waals surface area contributed by atoms with E-state index < -0.39 is 0 Å². The van der Waals surface area contributed by atoms with Crippen LogP contribution < -0.4 is 15.4 Å². The normalized spacial score (nSPS) is 10.4. The molecule has 9 heteroatoms. The molecule has 0 unspecified atom stereocenters. The van der Waals surface area contributed by atoms with Crippen molar-refractivity contribution < 1.29 is 9.53 Å². The maximum atomic E-state index is 12.2. The number of methoxy groups -OCH3 is 1. The molecule has 0 saturated carbocycles. The van der Waals surface area contributed by atoms with Crippen LogP contribution in [0.1, 0.15) is 16.2 Å². The van der Waals surface area contributed by atoms with Crippen molar-refractivity contribution in [2.24, 2.45) is 0 Å². The van der Waals surface area contributed by atoms with Gasteiger partial charge in [0.1, 0.15) is 29.4 Å². The number of rotatable bonds is 7. The monoisotopic (exact) mass is 353 g/mol. The number of hydrogen-bond donors (Lipinski definition) is 2. The van der Waals surface area contributed by atoms with Gasteiger partial charge in [0, 0.05) is 37.7 Å². The maximum Gasteiger partial charge on any atom is 0.256 e. The molecule has 0 aliphatic carbocycles. The quantitative estimate of drug-likeness (QED) is 0.615. The third-order valence-electron chi connectivity index (χ3n) is 3.65. The fourth-order valence-corrected chi connectivity index (χ4v) is 2.38. The molecule has 0 saturated heterocycles. The minimum atomic E-state index is -0.242. The molecule has 9 nitrogen and oxygen atoms in total. The number of aromatic nitrogens is 5. The second kappa shape index (κ2) is 8.06. The standard InChI is InChI=1S/C17H19N7O2/c1-12-18-8-9-24(12)15-10-14(22-11-23-15)19-6-7-20-16(25)13-4-3-5-21-17(13)26-2/h3-5,8-11H,6-7H2,1-2H3,(H,20,25)(H,19,22,23). The van der Waals surface area contributed by atoms with Crippen molar-refractivity contribution in [3.63, 3.8) is 0 Å². The van der Waals surface area contributed by atoms with Crippen molar-refractivity contribution in [1.82, 2.24) is 29.8 Å². The minimum absolute atomic E-state index is 0.242. The number of ether oxygens (including phenoxy) is 1. The van der Waals surface area contributed by atoms with E-state index in [0.717, 1.165) is 11.6 Å². The number of imidazole rings is 1. The summed E-state index contributed by atoms with van der Waals surface area (Å²) in [6.45, 7) is 2.82. The lowest BCUT2D eigenvalue weighted by Gasteiger charge is -2.10. The number of anilines is 1. The molecule has 3 rings (SSSR count). The number of carbonyl (C=O) groups is 1. The zero-order chi connectivity index (χ0) is 18.4. The molecule has 0 aliphatic rings. The fraction of sp³-hybridized carbons (Fsp3) is 0.235. The van der Waals surface area contributed by atoms with Crippen molar-refractivity contribution >= 4 is 11.7 Å². The van der Waals surface area contributed by atoms with E-state index in [1.165, 1.54) is 13.4 Å². The van der Waals surface area contributed by atoms with Crippen LogP contribution in [-0.2, 0) is 0 Å². The van der Waals surface area contributed by atoms with E-state index in [0.29, 0.717) is 30.4 Å². The van der Waals surface area contributed by atoms with E-state index in [1.54, 1.807) is 24.5 Å². The predicted octanol–water partition coefficient (Wildman–Crippen LogP) is 1.22. The van der Waals surface area contributed by atoms with Crippen molar-refractivity contribution in [3.05, 3.63) is 54.5 Å². The van der Waals surface area contributed by atoms with Gasteiger partial charge in [0.15, 0.2) is 0 Å². The van der Waals surface area contributed by atoms with Gasteiger partial charge in [0.05, 0.1) is 7.11 Å². The van der Waals surface area contributed by atoms with Gasteiger partial charge in [-0.1, -0.05) is 0 Å². The largest absolute Gasteiger partial charge is 0.480 e. The Kier molecular flexibility index (Phi) is 5.37. The molecule has 0 radical (unpaired) electrons. The highest BCUT2D eigenvalue weighted by molar-refractivity contribution is 5.96. The highest BCUT2D eigenvalue weighted by Gasteiger charge is 2.11. The number of nitrogens with zero attached hydrogens (tertiary/aromatic N) is 5. The average Bonchev–Trinajstić information content (AvgIpc) is 3.11. The van der Waals surface area contributed by atoms with Gasteiger partial charge in [0.2, 0.25) is 5.88 Å². The average molecular weight is 353 g/mol. The van der Waals surface area contributed by atoms with E-state index in [2.05, 4.69) is 30.6 Å². The van der Waals surface area contributed by atoms with Crippen molar-refractivity contribution in [3.8, 4) is 11.7 Å². The van der Waals surface area contributed by atoms with Gasteiger partial charge < -0.3 is 15.4 Å². The molecule has 0 bridgehead atoms. The molecule has 0 spiro atoms. The number of pyridine rings is 1. The van der Waals surface area contributed by atoms with Crippen LogP contribution in [0.4, 0.5) is 5.82 Å². The van der Waals surface area contributed by atoms with Crippen molar-refractivity contribution in [1.29, 1.82) is 0 Å². The Morgan fingerprint density at radius 3 is 2.85 bits per heavy atom. The topological polar surface area (TPSA) is 107 Å². The van der Waals surface area contributed by atoms with Crippen LogP contribution >= 0.6 is 0 Å². The smallest absolute Gasteiger partial charge is 0.256 e. The van der Waals surface area contributed by atoms with Crippen molar-refractivity contribution in [2.45, 2.75) is 6.92 Å². The summed E-state index contributed by atoms with van der Waals surface area (Å²) in [5.41, 5.74) is 0.398. The number of amides is 1. The first-order valence-electron chi connectivity index (χ1n) is 8.02. The Balaban J connectivity index is 1.54. The summed E-state index contributed by atoms with van der Waals surface area (Å²) in [6, 6.07) is 5.18. The highest BCUT2D eigenvalue weighted by Crippen LogP contribution is 2.13. The number of aryl methyl sites for hydroxylation is 1. The van der Waals surface area contributed by atoms with Gasteiger partial charge in [-0.05, 0) is 19.1 Å². The Bertz CT molecular complexity index is 894. The van der Waals surface area contributed by atoms with E-state index in [1.807, 2.05) is 23.8 Å². The molecular formula is C17H19N7O2. The summed E-state index contributed by atoms with van der Waals surface area (Å²) >= 11 is 0. The van der Waals surface area contributed by atoms with Crippen LogP contribution in [0.25, 0.3) is 5.82 Å². The van der Waals surface area contributed by atoms with Crippen LogP contribution in [0.3, 0.4) is 0 Å². The summed E-state index contributed by atoms with van der Waals surface area (Å²) in [5, 5.41) is 5.97. The summed E-state index contributed by atoms with van der Waals surface area (Å²) in [7, 11) is 1.48. The van der Waals surface area contributed by atoms with Crippen LogP contribution in [-0.4, -0.2) is 50.6 Å². The predicted molar refractivity (Wildman–Crippen MR) is 95.5 cm³/mol. The maximum absolute atomic E-state index is 12.2. The molecule has 0 aromatic carbocycles. The van der Waals surface area contributed by atoms with E-state index in [4.69, 9.17) is 4.74 Å². The van der Waals surface area contributed by atoms with Gasteiger partial charge in [-0.3, -0.25) is 9.36 Å². The van der Waals surface area contributed by atoms with Crippen LogP contribution in [0.15, 0.2) is 43.1 Å². The molecule has 3 heterocycles. The van der Waals surface area contributed by atoms with Gasteiger partial charge in [-0.25, -0.2) is 19.9 Å². The molecule has 1 amide bonds. The van der Waals surface area contributed by atoms with Gasteiger partial charge in [0.25, 0.3) is 5.91 Å². The molecule has 2 N–H and O–H groups in total. The summed E-state index contributed by atoms with van der Waals surface area (Å²) < 4.78 is 6.95. The second-order valence-corrected chi connectivity index (χ2v) is 5.35. The summed E-state index contributed by atoms with van der Waals surface area (Å²) in [5.74, 6) is 2.29. The van der Waals surface area contributed by atoms with Crippen LogP contribution in [0.2, 0.25) is 0 Å². The molecule has 0 atom stereocenters. The van der Waals surface area contributed by atoms with Crippen LogP contribution in [0, 0.1) is 6.92 Å². The Hall–Kier alpha value is -3.49. The van der Waals surface area contributed by atoms with E-state index >= 15 is 0 Å². The number of hydrogen-bond acceptors (Lipinski definition) is 7. The molecular weight excluding hydrogens is 334 g/mol. The van der Waals surface area contributed by atoms with Crippen LogP contribution in [0.5, 0.6) is 5.88 Å². The van der Waals surface area contributed by atoms with E-state index in [9.17, 15) is 4.79 Å². The third kappa shape index (κ3) is 3.94. The van der Waals surface area contributed by atoms with E-state index in [-0.39, 0.29) is 5.91 Å². The lowest BCUT2D eigenvalue weighted by molar-refractivity contribution is 0.0951. The Morgan fingerprint density at radius 2 is 2.08 bits per heavy atom. The zero-order valence-electron chi connectivity index (χ0n) is 14.5. The molecule has 134 valence electrons. The lowest BCUT2D eigenvalue weighted by Crippen LogP contribution is -2.29. The first-order valence-corrected chi connectivity index (χ1v) is 8.02. The molecule has 3 aromatic rings. The number of nitrogens with one attached hydrogen (secondary N) is 2. The fourth-order valence-electron chi connectivity index (χ4n) is 2.38. The SMILES string of the molecule is COc1ncccc1C(=O)NCCNc1cc(-n2ccnc2C)ncn1. The summed E-state index contributed by atoms with van der Waals surface area (Å²) in [4.78, 5) is 28.8. The molecule has 0 aliphatic heterocycles. The third-order valence-corrected chi connectivity index (χ3v) is 3.65. The molecule has 3 aromatic heterocycles. The first kappa shape index (κ1) is 17.3. The van der Waals surface area contributed by atoms with Crippen molar-refractivity contribution in [2.75, 3.05) is 25.5 Å². The van der Waals surface area contributed by atoms with Gasteiger partial charge >= 0.3 is 0 Å². The van der Waals surface area contributed by atoms with Gasteiger partial charge in [-0.15, -0.1) is 0 Å². The molecule has 0 fully saturated rings. The first-order chi connectivity index (χ1) is 12.7. The van der Waals surface area contributed by atoms with Gasteiger partial charge in [-0.2, -0.15) is 0 Å². The number of carbonyl (C=O) groups excluding carboxylic acids is 1. The Morgan fingerprint density at radius 1 is 1.19 bits per heavy atom.